The van der Waals surface area contributed by atoms with E-state index in [1.54, 1.807) is 18.0 Å². The van der Waals surface area contributed by atoms with Crippen LogP contribution in [0.15, 0.2) is 59.8 Å². The van der Waals surface area contributed by atoms with Crippen molar-refractivity contribution in [3.63, 3.8) is 0 Å². The molecule has 4 nitrogen and oxygen atoms in total. The van der Waals surface area contributed by atoms with Gasteiger partial charge >= 0.3 is 0 Å². The van der Waals surface area contributed by atoms with Crippen LogP contribution < -0.4 is 0 Å². The number of hydrogen-bond acceptors (Lipinski definition) is 4. The summed E-state index contributed by atoms with van der Waals surface area (Å²) in [7, 11) is 0. The lowest BCUT2D eigenvalue weighted by molar-refractivity contribution is -0.132. The number of rotatable bonds is 6. The predicted octanol–water partition coefficient (Wildman–Crippen LogP) is 3.38. The van der Waals surface area contributed by atoms with Crippen molar-refractivity contribution in [2.75, 3.05) is 18.8 Å². The minimum absolute atomic E-state index is 0.115. The third-order valence-corrected chi connectivity index (χ3v) is 5.04. The smallest absolute Gasteiger partial charge is 0.233 e. The standard InChI is InChI=1S/C19H22N2O2S/c22-19(15-24-18-8-2-1-3-9-18)21-11-5-7-17(13-21)23-14-16-6-4-10-20-12-16/h1-4,6,8-10,12,17H,5,7,11,13-15H2/t17-/m0/s1. The molecule has 24 heavy (non-hydrogen) atoms. The molecular weight excluding hydrogens is 320 g/mol. The Balaban J connectivity index is 1.45. The summed E-state index contributed by atoms with van der Waals surface area (Å²) >= 11 is 1.59. The van der Waals surface area contributed by atoms with Gasteiger partial charge in [0.2, 0.25) is 5.91 Å². The van der Waals surface area contributed by atoms with Gasteiger partial charge in [-0.15, -0.1) is 11.8 Å². The second-order valence-electron chi connectivity index (χ2n) is 5.88. The molecule has 1 aromatic carbocycles. The van der Waals surface area contributed by atoms with Crippen LogP contribution >= 0.6 is 11.8 Å². The molecule has 0 N–H and O–H groups in total. The third-order valence-electron chi connectivity index (χ3n) is 4.04. The molecule has 0 spiro atoms. The van der Waals surface area contributed by atoms with Gasteiger partial charge in [0.1, 0.15) is 0 Å². The minimum atomic E-state index is 0.115. The van der Waals surface area contributed by atoms with Crippen molar-refractivity contribution in [1.29, 1.82) is 0 Å². The Morgan fingerprint density at radius 2 is 2.12 bits per heavy atom. The average Bonchev–Trinajstić information content (AvgIpc) is 2.66. The van der Waals surface area contributed by atoms with E-state index >= 15 is 0 Å². The first-order valence-corrected chi connectivity index (χ1v) is 9.26. The second kappa shape index (κ2) is 8.85. The second-order valence-corrected chi connectivity index (χ2v) is 6.93. The van der Waals surface area contributed by atoms with E-state index in [1.165, 1.54) is 0 Å². The fourth-order valence-corrected chi connectivity index (χ4v) is 3.57. The van der Waals surface area contributed by atoms with E-state index in [1.807, 2.05) is 53.6 Å². The molecule has 1 saturated heterocycles. The number of nitrogens with zero attached hydrogens (tertiary/aromatic N) is 2. The quantitative estimate of drug-likeness (QED) is 0.755. The summed E-state index contributed by atoms with van der Waals surface area (Å²) in [6.07, 6.45) is 5.71. The van der Waals surface area contributed by atoms with Gasteiger partial charge in [-0.3, -0.25) is 9.78 Å². The molecule has 0 bridgehead atoms. The highest BCUT2D eigenvalue weighted by Gasteiger charge is 2.24. The number of aromatic nitrogens is 1. The van der Waals surface area contributed by atoms with Crippen LogP contribution in [0.4, 0.5) is 0 Å². The zero-order valence-corrected chi connectivity index (χ0v) is 14.5. The molecule has 3 rings (SSSR count). The highest BCUT2D eigenvalue weighted by atomic mass is 32.2. The number of amides is 1. The number of piperidine rings is 1. The Hall–Kier alpha value is -1.85. The molecule has 1 atom stereocenters. The van der Waals surface area contributed by atoms with E-state index in [9.17, 15) is 4.79 Å². The van der Waals surface area contributed by atoms with Crippen LogP contribution in [0.25, 0.3) is 0 Å². The number of ether oxygens (including phenoxy) is 1. The highest BCUT2D eigenvalue weighted by Crippen LogP contribution is 2.20. The van der Waals surface area contributed by atoms with Crippen molar-refractivity contribution < 1.29 is 9.53 Å². The summed E-state index contributed by atoms with van der Waals surface area (Å²) in [5.74, 6) is 0.679. The van der Waals surface area contributed by atoms with Crippen molar-refractivity contribution in [3.05, 3.63) is 60.4 Å². The monoisotopic (exact) mass is 342 g/mol. The molecule has 2 aromatic rings. The lowest BCUT2D eigenvalue weighted by atomic mass is 10.1. The van der Waals surface area contributed by atoms with Crippen LogP contribution in [0.5, 0.6) is 0 Å². The van der Waals surface area contributed by atoms with E-state index in [2.05, 4.69) is 4.98 Å². The van der Waals surface area contributed by atoms with Gasteiger partial charge < -0.3 is 9.64 Å². The number of carbonyl (C=O) groups excluding carboxylic acids is 1. The summed E-state index contributed by atoms with van der Waals surface area (Å²) in [4.78, 5) is 19.6. The minimum Gasteiger partial charge on any atom is -0.372 e. The lowest BCUT2D eigenvalue weighted by Crippen LogP contribution is -2.44. The van der Waals surface area contributed by atoms with E-state index in [0.29, 0.717) is 18.9 Å². The zero-order chi connectivity index (χ0) is 16.6. The van der Waals surface area contributed by atoms with Gasteiger partial charge in [0.05, 0.1) is 18.5 Å². The SMILES string of the molecule is O=C(CSc1ccccc1)N1CCC[C@H](OCc2cccnc2)C1. The summed E-state index contributed by atoms with van der Waals surface area (Å²) in [5, 5.41) is 0. The van der Waals surface area contributed by atoms with Crippen molar-refractivity contribution in [3.8, 4) is 0 Å². The van der Waals surface area contributed by atoms with E-state index in [0.717, 1.165) is 29.8 Å². The van der Waals surface area contributed by atoms with Crippen molar-refractivity contribution in [2.24, 2.45) is 0 Å². The summed E-state index contributed by atoms with van der Waals surface area (Å²) in [5.41, 5.74) is 1.07. The number of pyridine rings is 1. The van der Waals surface area contributed by atoms with Gasteiger partial charge in [-0.2, -0.15) is 0 Å². The van der Waals surface area contributed by atoms with E-state index in [4.69, 9.17) is 4.74 Å². The largest absolute Gasteiger partial charge is 0.372 e. The highest BCUT2D eigenvalue weighted by molar-refractivity contribution is 8.00. The number of likely N-dealkylation sites (tertiary alicyclic amines) is 1. The van der Waals surface area contributed by atoms with Gasteiger partial charge in [-0.25, -0.2) is 0 Å². The summed E-state index contributed by atoms with van der Waals surface area (Å²) in [6.45, 7) is 2.08. The van der Waals surface area contributed by atoms with Crippen LogP contribution in [0, 0.1) is 0 Å². The molecule has 2 heterocycles. The Morgan fingerprint density at radius 3 is 2.92 bits per heavy atom. The fourth-order valence-electron chi connectivity index (χ4n) is 2.75. The molecule has 0 unspecified atom stereocenters. The van der Waals surface area contributed by atoms with Crippen LogP contribution in [-0.4, -0.2) is 40.7 Å². The zero-order valence-electron chi connectivity index (χ0n) is 13.6. The van der Waals surface area contributed by atoms with E-state index in [-0.39, 0.29) is 12.0 Å². The molecule has 1 amide bonds. The normalized spacial score (nSPS) is 17.7. The van der Waals surface area contributed by atoms with Gasteiger partial charge in [0.25, 0.3) is 0 Å². The number of hydrogen-bond donors (Lipinski definition) is 0. The number of benzene rings is 1. The van der Waals surface area contributed by atoms with Crippen LogP contribution in [-0.2, 0) is 16.1 Å². The fraction of sp³-hybridized carbons (Fsp3) is 0.368. The van der Waals surface area contributed by atoms with Gasteiger partial charge in [-0.05, 0) is 36.6 Å². The van der Waals surface area contributed by atoms with Crippen LogP contribution in [0.3, 0.4) is 0 Å². The summed E-state index contributed by atoms with van der Waals surface area (Å²) < 4.78 is 5.97. The topological polar surface area (TPSA) is 42.4 Å². The van der Waals surface area contributed by atoms with Gasteiger partial charge in [-0.1, -0.05) is 24.3 Å². The molecule has 126 valence electrons. The Bertz CT molecular complexity index is 636. The van der Waals surface area contributed by atoms with Gasteiger partial charge in [0, 0.05) is 30.4 Å². The first kappa shape index (κ1) is 17.0. The number of thioether (sulfide) groups is 1. The van der Waals surface area contributed by atoms with Crippen molar-refractivity contribution in [2.45, 2.75) is 30.4 Å². The Labute approximate surface area is 147 Å². The average molecular weight is 342 g/mol. The molecule has 1 fully saturated rings. The van der Waals surface area contributed by atoms with Crippen LogP contribution in [0.2, 0.25) is 0 Å². The van der Waals surface area contributed by atoms with Crippen molar-refractivity contribution in [1.82, 2.24) is 9.88 Å². The maximum Gasteiger partial charge on any atom is 0.233 e. The first-order valence-electron chi connectivity index (χ1n) is 8.27. The maximum atomic E-state index is 12.4. The van der Waals surface area contributed by atoms with Gasteiger partial charge in [0.15, 0.2) is 0 Å². The van der Waals surface area contributed by atoms with Crippen LogP contribution in [0.1, 0.15) is 18.4 Å². The maximum absolute atomic E-state index is 12.4. The molecule has 0 saturated carbocycles. The molecule has 5 heteroatoms. The van der Waals surface area contributed by atoms with Crippen molar-refractivity contribution >= 4 is 17.7 Å². The van der Waals surface area contributed by atoms with E-state index < -0.39 is 0 Å². The molecule has 1 aromatic heterocycles. The third kappa shape index (κ3) is 5.08. The molecule has 0 aliphatic carbocycles. The summed E-state index contributed by atoms with van der Waals surface area (Å²) in [6, 6.07) is 14.0. The predicted molar refractivity (Wildman–Crippen MR) is 95.8 cm³/mol. The Morgan fingerprint density at radius 1 is 1.25 bits per heavy atom. The molecule has 1 aliphatic heterocycles. The number of carbonyl (C=O) groups is 1. The Kier molecular flexibility index (Phi) is 6.26. The molecule has 1 aliphatic rings. The lowest BCUT2D eigenvalue weighted by Gasteiger charge is -2.32. The first-order chi connectivity index (χ1) is 11.8. The molecule has 0 radical (unpaired) electrons. The molecular formula is C19H22N2O2S.